The van der Waals surface area contributed by atoms with Gasteiger partial charge in [0.05, 0.1) is 0 Å². The summed E-state index contributed by atoms with van der Waals surface area (Å²) in [6, 6.07) is 0. The van der Waals surface area contributed by atoms with Crippen molar-refractivity contribution in [3.05, 3.63) is 17.0 Å². The first-order valence-corrected chi connectivity index (χ1v) is 6.77. The van der Waals surface area contributed by atoms with Crippen molar-refractivity contribution in [3.8, 4) is 0 Å². The number of unbranched alkanes of at least 4 members (excludes halogenated alkanes) is 1. The van der Waals surface area contributed by atoms with Gasteiger partial charge in [0.25, 0.3) is 0 Å². The van der Waals surface area contributed by atoms with E-state index in [1.807, 2.05) is 6.92 Å². The molecule has 0 aliphatic carbocycles. The lowest BCUT2D eigenvalue weighted by Gasteiger charge is -2.16. The van der Waals surface area contributed by atoms with Crippen LogP contribution in [0.3, 0.4) is 0 Å². The zero-order valence-corrected chi connectivity index (χ0v) is 11.7. The highest BCUT2D eigenvalue weighted by Crippen LogP contribution is 2.19. The van der Waals surface area contributed by atoms with E-state index >= 15 is 0 Å². The van der Waals surface area contributed by atoms with Gasteiger partial charge in [-0.25, -0.2) is 9.97 Å². The Kier molecular flexibility index (Phi) is 6.27. The van der Waals surface area contributed by atoms with Gasteiger partial charge in [-0.05, 0) is 19.3 Å². The van der Waals surface area contributed by atoms with Gasteiger partial charge in [0.15, 0.2) is 0 Å². The molecule has 0 aromatic carbocycles. The van der Waals surface area contributed by atoms with E-state index in [0.29, 0.717) is 11.1 Å². The second-order valence-electron chi connectivity index (χ2n) is 4.44. The predicted octanol–water partition coefficient (Wildman–Crippen LogP) is 4.07. The maximum absolute atomic E-state index is 5.96. The molecule has 1 unspecified atom stereocenters. The number of hydrogen-bond donors (Lipinski definition) is 1. The number of halogens is 1. The van der Waals surface area contributed by atoms with Crippen LogP contribution < -0.4 is 5.32 Å². The maximum Gasteiger partial charge on any atom is 0.137 e. The van der Waals surface area contributed by atoms with Crippen molar-refractivity contribution >= 4 is 17.4 Å². The highest BCUT2D eigenvalue weighted by molar-refractivity contribution is 6.30. The summed E-state index contributed by atoms with van der Waals surface area (Å²) in [5.74, 6) is 1.57. The summed E-state index contributed by atoms with van der Waals surface area (Å²) in [7, 11) is 0. The Hall–Kier alpha value is -0.830. The minimum Gasteiger partial charge on any atom is -0.369 e. The molecular formula is C13H22ClN3. The molecule has 17 heavy (non-hydrogen) atoms. The minimum absolute atomic E-state index is 0.532. The quantitative estimate of drug-likeness (QED) is 0.747. The Labute approximate surface area is 109 Å². The molecule has 0 radical (unpaired) electrons. The van der Waals surface area contributed by atoms with Crippen molar-refractivity contribution in [1.82, 2.24) is 9.97 Å². The van der Waals surface area contributed by atoms with Gasteiger partial charge in [0.2, 0.25) is 0 Å². The van der Waals surface area contributed by atoms with Gasteiger partial charge >= 0.3 is 0 Å². The third kappa shape index (κ3) is 4.50. The van der Waals surface area contributed by atoms with Crippen LogP contribution in [0.4, 0.5) is 5.82 Å². The van der Waals surface area contributed by atoms with E-state index in [2.05, 4.69) is 29.1 Å². The van der Waals surface area contributed by atoms with E-state index in [1.165, 1.54) is 32.0 Å². The molecule has 0 amide bonds. The summed E-state index contributed by atoms with van der Waals surface area (Å²) in [4.78, 5) is 8.17. The van der Waals surface area contributed by atoms with Crippen LogP contribution in [-0.2, 0) is 0 Å². The molecule has 96 valence electrons. The first kappa shape index (κ1) is 14.2. The first-order chi connectivity index (χ1) is 8.19. The highest BCUT2D eigenvalue weighted by atomic mass is 35.5. The third-order valence-electron chi connectivity index (χ3n) is 3.12. The zero-order valence-electron chi connectivity index (χ0n) is 11.0. The molecule has 0 saturated heterocycles. The zero-order chi connectivity index (χ0) is 12.7. The van der Waals surface area contributed by atoms with Crippen molar-refractivity contribution in [3.63, 3.8) is 0 Å². The van der Waals surface area contributed by atoms with Crippen LogP contribution in [0.15, 0.2) is 6.33 Å². The number of rotatable bonds is 7. The molecule has 3 nitrogen and oxygen atoms in total. The number of anilines is 1. The summed E-state index contributed by atoms with van der Waals surface area (Å²) in [5, 5.41) is 3.91. The van der Waals surface area contributed by atoms with Crippen LogP contribution >= 0.6 is 11.6 Å². The van der Waals surface area contributed by atoms with Crippen LogP contribution in [0.1, 0.15) is 45.1 Å². The standard InChI is InChI=1S/C13H22ClN3/c1-4-6-7-11(5-2)8-15-13-10(3)12(14)16-9-17-13/h9,11H,4-8H2,1-3H3,(H,15,16,17). The second-order valence-corrected chi connectivity index (χ2v) is 4.79. The smallest absolute Gasteiger partial charge is 0.137 e. The van der Waals surface area contributed by atoms with Crippen LogP contribution in [0, 0.1) is 12.8 Å². The van der Waals surface area contributed by atoms with Crippen LogP contribution in [0.2, 0.25) is 5.15 Å². The monoisotopic (exact) mass is 255 g/mol. The van der Waals surface area contributed by atoms with Crippen molar-refractivity contribution in [1.29, 1.82) is 0 Å². The van der Waals surface area contributed by atoms with Gasteiger partial charge in [-0.15, -0.1) is 0 Å². The molecule has 0 aliphatic rings. The second kappa shape index (κ2) is 7.49. The average Bonchev–Trinajstić information content (AvgIpc) is 2.34. The van der Waals surface area contributed by atoms with Crippen molar-refractivity contribution < 1.29 is 0 Å². The fourth-order valence-corrected chi connectivity index (χ4v) is 1.92. The average molecular weight is 256 g/mol. The van der Waals surface area contributed by atoms with Gasteiger partial charge in [0, 0.05) is 12.1 Å². The maximum atomic E-state index is 5.96. The number of nitrogens with zero attached hydrogens (tertiary/aromatic N) is 2. The first-order valence-electron chi connectivity index (χ1n) is 6.40. The highest BCUT2D eigenvalue weighted by Gasteiger charge is 2.08. The molecule has 1 rings (SSSR count). The van der Waals surface area contributed by atoms with Crippen molar-refractivity contribution in [2.75, 3.05) is 11.9 Å². The Morgan fingerprint density at radius 2 is 2.12 bits per heavy atom. The van der Waals surface area contributed by atoms with E-state index in [4.69, 9.17) is 11.6 Å². The number of aromatic nitrogens is 2. The molecule has 4 heteroatoms. The lowest BCUT2D eigenvalue weighted by molar-refractivity contribution is 0.472. The number of nitrogens with one attached hydrogen (secondary N) is 1. The largest absolute Gasteiger partial charge is 0.369 e. The Bertz CT molecular complexity index is 341. The minimum atomic E-state index is 0.532. The topological polar surface area (TPSA) is 37.8 Å². The van der Waals surface area contributed by atoms with Crippen LogP contribution in [0.5, 0.6) is 0 Å². The molecule has 0 aliphatic heterocycles. The molecule has 1 aromatic heterocycles. The summed E-state index contributed by atoms with van der Waals surface area (Å²) in [6.45, 7) is 7.37. The molecule has 0 bridgehead atoms. The molecule has 0 saturated carbocycles. The SMILES string of the molecule is CCCCC(CC)CNc1ncnc(Cl)c1C. The molecular weight excluding hydrogens is 234 g/mol. The summed E-state index contributed by atoms with van der Waals surface area (Å²) in [6.07, 6.45) is 6.53. The van der Waals surface area contributed by atoms with E-state index in [0.717, 1.165) is 17.9 Å². The van der Waals surface area contributed by atoms with Crippen molar-refractivity contribution in [2.24, 2.45) is 5.92 Å². The van der Waals surface area contributed by atoms with Gasteiger partial charge in [-0.3, -0.25) is 0 Å². The predicted molar refractivity (Wildman–Crippen MR) is 73.6 cm³/mol. The van der Waals surface area contributed by atoms with E-state index in [1.54, 1.807) is 0 Å². The molecule has 1 heterocycles. The molecule has 1 atom stereocenters. The van der Waals surface area contributed by atoms with Gasteiger partial charge in [-0.2, -0.15) is 0 Å². The Balaban J connectivity index is 2.50. The van der Waals surface area contributed by atoms with Gasteiger partial charge in [0.1, 0.15) is 17.3 Å². The van der Waals surface area contributed by atoms with Crippen LogP contribution in [-0.4, -0.2) is 16.5 Å². The van der Waals surface area contributed by atoms with Crippen LogP contribution in [0.25, 0.3) is 0 Å². The van der Waals surface area contributed by atoms with E-state index < -0.39 is 0 Å². The summed E-state index contributed by atoms with van der Waals surface area (Å²) in [5.41, 5.74) is 0.930. The fraction of sp³-hybridized carbons (Fsp3) is 0.692. The third-order valence-corrected chi connectivity index (χ3v) is 3.51. The van der Waals surface area contributed by atoms with Gasteiger partial charge < -0.3 is 5.32 Å². The van der Waals surface area contributed by atoms with Gasteiger partial charge in [-0.1, -0.05) is 44.7 Å². The lowest BCUT2D eigenvalue weighted by atomic mass is 9.99. The number of hydrogen-bond acceptors (Lipinski definition) is 3. The molecule has 0 spiro atoms. The Morgan fingerprint density at radius 1 is 1.35 bits per heavy atom. The lowest BCUT2D eigenvalue weighted by Crippen LogP contribution is -2.15. The Morgan fingerprint density at radius 3 is 2.76 bits per heavy atom. The summed E-state index contributed by atoms with van der Waals surface area (Å²) < 4.78 is 0. The molecule has 1 N–H and O–H groups in total. The molecule has 1 aromatic rings. The summed E-state index contributed by atoms with van der Waals surface area (Å²) >= 11 is 5.96. The fourth-order valence-electron chi connectivity index (χ4n) is 1.79. The molecule has 0 fully saturated rings. The normalized spacial score (nSPS) is 12.5. The van der Waals surface area contributed by atoms with E-state index in [9.17, 15) is 0 Å². The van der Waals surface area contributed by atoms with E-state index in [-0.39, 0.29) is 0 Å². The van der Waals surface area contributed by atoms with Crippen molar-refractivity contribution in [2.45, 2.75) is 46.5 Å².